The van der Waals surface area contributed by atoms with Gasteiger partial charge >= 0.3 is 6.03 Å². The number of urea groups is 1. The molecule has 3 aromatic rings. The molecule has 4 nitrogen and oxygen atoms in total. The average molecular weight is 414 g/mol. The van der Waals surface area contributed by atoms with Gasteiger partial charge < -0.3 is 14.8 Å². The molecule has 29 heavy (non-hydrogen) atoms. The molecule has 0 aliphatic heterocycles. The maximum absolute atomic E-state index is 14.0. The lowest BCUT2D eigenvalue weighted by Crippen LogP contribution is -2.41. The zero-order valence-electron chi connectivity index (χ0n) is 16.6. The molecule has 1 unspecified atom stereocenters. The van der Waals surface area contributed by atoms with Gasteiger partial charge in [-0.05, 0) is 49.2 Å². The lowest BCUT2D eigenvalue weighted by atomic mass is 10.2. The van der Waals surface area contributed by atoms with Crippen LogP contribution in [0.1, 0.15) is 31.5 Å². The molecule has 2 amide bonds. The number of carbonyl (C=O) groups is 1. The van der Waals surface area contributed by atoms with Gasteiger partial charge in [0, 0.05) is 29.5 Å². The largest absolute Gasteiger partial charge is 0.345 e. The van der Waals surface area contributed by atoms with E-state index in [1.54, 1.807) is 23.1 Å². The van der Waals surface area contributed by atoms with Gasteiger partial charge in [0.15, 0.2) is 0 Å². The number of benzene rings is 2. The van der Waals surface area contributed by atoms with Crippen molar-refractivity contribution < 1.29 is 9.18 Å². The first kappa shape index (κ1) is 20.9. The van der Waals surface area contributed by atoms with Crippen molar-refractivity contribution >= 4 is 23.3 Å². The number of amides is 2. The summed E-state index contributed by atoms with van der Waals surface area (Å²) in [4.78, 5) is 14.7. The van der Waals surface area contributed by atoms with Crippen LogP contribution in [-0.4, -0.2) is 21.5 Å². The summed E-state index contributed by atoms with van der Waals surface area (Å²) in [6, 6.07) is 17.5. The van der Waals surface area contributed by atoms with Crippen LogP contribution in [0.4, 0.5) is 14.9 Å². The number of nitrogens with zero attached hydrogens (tertiary/aromatic N) is 2. The summed E-state index contributed by atoms with van der Waals surface area (Å²) >= 11 is 6.30. The van der Waals surface area contributed by atoms with E-state index in [2.05, 4.69) is 9.88 Å². The Labute approximate surface area is 175 Å². The van der Waals surface area contributed by atoms with Crippen LogP contribution in [0.3, 0.4) is 0 Å². The number of para-hydroxylation sites is 1. The van der Waals surface area contributed by atoms with E-state index in [0.29, 0.717) is 18.1 Å². The highest BCUT2D eigenvalue weighted by molar-refractivity contribution is 6.31. The van der Waals surface area contributed by atoms with Crippen molar-refractivity contribution in [1.29, 1.82) is 0 Å². The van der Waals surface area contributed by atoms with E-state index >= 15 is 0 Å². The Morgan fingerprint density at radius 3 is 2.59 bits per heavy atom. The molecule has 1 N–H and O–H groups in total. The molecule has 1 atom stereocenters. The molecule has 6 heteroatoms. The molecule has 0 aliphatic rings. The summed E-state index contributed by atoms with van der Waals surface area (Å²) in [5, 5.41) is 3.41. The van der Waals surface area contributed by atoms with Gasteiger partial charge in [0.25, 0.3) is 0 Å². The van der Waals surface area contributed by atoms with Crippen LogP contribution in [0.2, 0.25) is 5.02 Å². The highest BCUT2D eigenvalue weighted by atomic mass is 35.5. The number of nitrogens with one attached hydrogen (secondary N) is 1. The van der Waals surface area contributed by atoms with E-state index in [1.165, 1.54) is 6.07 Å². The molecular formula is C23H25ClFN3O. The van der Waals surface area contributed by atoms with Crippen molar-refractivity contribution in [1.82, 2.24) is 9.47 Å². The molecule has 1 heterocycles. The highest BCUT2D eigenvalue weighted by Gasteiger charge is 2.21. The number of hydrogen-bond donors (Lipinski definition) is 1. The van der Waals surface area contributed by atoms with E-state index in [0.717, 1.165) is 17.7 Å². The predicted octanol–water partition coefficient (Wildman–Crippen LogP) is 6.16. The minimum atomic E-state index is -0.452. The quantitative estimate of drug-likeness (QED) is 0.494. The van der Waals surface area contributed by atoms with Crippen molar-refractivity contribution in [2.24, 2.45) is 0 Å². The van der Waals surface area contributed by atoms with Gasteiger partial charge in [-0.25, -0.2) is 9.18 Å². The topological polar surface area (TPSA) is 37.3 Å². The third-order valence-electron chi connectivity index (χ3n) is 5.05. The van der Waals surface area contributed by atoms with E-state index in [1.807, 2.05) is 56.4 Å². The second-order valence-corrected chi connectivity index (χ2v) is 7.42. The molecule has 0 saturated heterocycles. The number of carbonyl (C=O) groups excluding carboxylic acids is 1. The number of anilines is 1. The fourth-order valence-corrected chi connectivity index (χ4v) is 3.33. The summed E-state index contributed by atoms with van der Waals surface area (Å²) in [5.74, 6) is -0.452. The Morgan fingerprint density at radius 2 is 1.86 bits per heavy atom. The molecule has 1 aromatic heterocycles. The fraction of sp³-hybridized carbons (Fsp3) is 0.261. The normalized spacial score (nSPS) is 11.9. The first-order chi connectivity index (χ1) is 14.0. The predicted molar refractivity (Wildman–Crippen MR) is 116 cm³/mol. The van der Waals surface area contributed by atoms with Gasteiger partial charge in [-0.15, -0.1) is 0 Å². The van der Waals surface area contributed by atoms with Crippen molar-refractivity contribution in [2.75, 3.05) is 5.32 Å². The molecule has 0 radical (unpaired) electrons. The van der Waals surface area contributed by atoms with E-state index in [-0.39, 0.29) is 17.8 Å². The van der Waals surface area contributed by atoms with Crippen LogP contribution >= 0.6 is 11.6 Å². The van der Waals surface area contributed by atoms with Gasteiger partial charge in [-0.3, -0.25) is 0 Å². The molecule has 0 aliphatic carbocycles. The van der Waals surface area contributed by atoms with Crippen LogP contribution in [-0.2, 0) is 13.1 Å². The zero-order valence-corrected chi connectivity index (χ0v) is 17.4. The smallest absolute Gasteiger partial charge is 0.322 e. The fourth-order valence-electron chi connectivity index (χ4n) is 3.13. The Balaban J connectivity index is 1.79. The molecule has 0 bridgehead atoms. The van der Waals surface area contributed by atoms with E-state index in [9.17, 15) is 9.18 Å². The van der Waals surface area contributed by atoms with Gasteiger partial charge in [0.05, 0.1) is 12.2 Å². The monoisotopic (exact) mass is 413 g/mol. The average Bonchev–Trinajstić information content (AvgIpc) is 3.15. The summed E-state index contributed by atoms with van der Waals surface area (Å²) in [6.45, 7) is 5.04. The molecular weight excluding hydrogens is 389 g/mol. The maximum Gasteiger partial charge on any atom is 0.322 e. The van der Waals surface area contributed by atoms with Gasteiger partial charge in [-0.2, -0.15) is 0 Å². The molecule has 0 fully saturated rings. The standard InChI is InChI=1S/C23H25ClFN3O/c1-3-17(2)28(23(29)26-22-13-7-6-12-21(22)25)16-19-10-8-14-27(19)15-18-9-4-5-11-20(18)24/h4-14,17H,3,15-16H2,1-2H3,(H,26,29). The molecule has 0 saturated carbocycles. The second-order valence-electron chi connectivity index (χ2n) is 7.01. The second kappa shape index (κ2) is 9.61. The SMILES string of the molecule is CCC(C)N(Cc1cccn1Cc1ccccc1Cl)C(=O)Nc1ccccc1F. The number of rotatable bonds is 7. The third kappa shape index (κ3) is 5.18. The van der Waals surface area contributed by atoms with Crippen LogP contribution in [0, 0.1) is 5.82 Å². The van der Waals surface area contributed by atoms with Crippen LogP contribution in [0.25, 0.3) is 0 Å². The molecule has 152 valence electrons. The Kier molecular flexibility index (Phi) is 6.94. The van der Waals surface area contributed by atoms with Crippen molar-refractivity contribution in [3.63, 3.8) is 0 Å². The zero-order chi connectivity index (χ0) is 20.8. The van der Waals surface area contributed by atoms with Crippen molar-refractivity contribution in [2.45, 2.75) is 39.4 Å². The van der Waals surface area contributed by atoms with Gasteiger partial charge in [-0.1, -0.05) is 48.9 Å². The molecule has 3 rings (SSSR count). The van der Waals surface area contributed by atoms with E-state index in [4.69, 9.17) is 11.6 Å². The maximum atomic E-state index is 14.0. The van der Waals surface area contributed by atoms with E-state index < -0.39 is 5.82 Å². The Bertz CT molecular complexity index is 972. The Morgan fingerprint density at radius 1 is 1.14 bits per heavy atom. The van der Waals surface area contributed by atoms with Crippen molar-refractivity contribution in [3.8, 4) is 0 Å². The number of aromatic nitrogens is 1. The Hall–Kier alpha value is -2.79. The van der Waals surface area contributed by atoms with Crippen LogP contribution in [0.5, 0.6) is 0 Å². The molecule has 0 spiro atoms. The minimum Gasteiger partial charge on any atom is -0.345 e. The van der Waals surface area contributed by atoms with Crippen LogP contribution < -0.4 is 5.32 Å². The lowest BCUT2D eigenvalue weighted by Gasteiger charge is -2.29. The molecule has 2 aromatic carbocycles. The third-order valence-corrected chi connectivity index (χ3v) is 5.42. The van der Waals surface area contributed by atoms with Gasteiger partial charge in [0.2, 0.25) is 0 Å². The summed E-state index contributed by atoms with van der Waals surface area (Å²) in [6.07, 6.45) is 2.76. The number of hydrogen-bond acceptors (Lipinski definition) is 1. The minimum absolute atomic E-state index is 0.00885. The van der Waals surface area contributed by atoms with Gasteiger partial charge in [0.1, 0.15) is 5.82 Å². The highest BCUT2D eigenvalue weighted by Crippen LogP contribution is 2.20. The van der Waals surface area contributed by atoms with Crippen LogP contribution in [0.15, 0.2) is 66.9 Å². The number of halogens is 2. The summed E-state index contributed by atoms with van der Waals surface area (Å²) in [7, 11) is 0. The lowest BCUT2D eigenvalue weighted by molar-refractivity contribution is 0.185. The summed E-state index contributed by atoms with van der Waals surface area (Å²) < 4.78 is 16.0. The first-order valence-corrected chi connectivity index (χ1v) is 10.1. The summed E-state index contributed by atoms with van der Waals surface area (Å²) in [5.41, 5.74) is 2.17. The first-order valence-electron chi connectivity index (χ1n) is 9.69. The van der Waals surface area contributed by atoms with Crippen molar-refractivity contribution in [3.05, 3.63) is 89.0 Å².